The van der Waals surface area contributed by atoms with Crippen LogP contribution >= 0.6 is 0 Å². The number of aromatic nitrogens is 5. The van der Waals surface area contributed by atoms with E-state index < -0.39 is 5.60 Å². The van der Waals surface area contributed by atoms with Gasteiger partial charge < -0.3 is 15.7 Å². The summed E-state index contributed by atoms with van der Waals surface area (Å²) < 4.78 is 9.26. The number of pyridine rings is 1. The van der Waals surface area contributed by atoms with Gasteiger partial charge in [0.25, 0.3) is 5.91 Å². The third kappa shape index (κ3) is 3.01. The van der Waals surface area contributed by atoms with Crippen LogP contribution < -0.4 is 5.73 Å². The van der Waals surface area contributed by atoms with Crippen molar-refractivity contribution >= 4 is 22.8 Å². The SMILES string of the molecule is [2H]c1nc(N)c2nc(-c3cccc(-c4cc(C5(O)CCN(C)C5=O)nn4C)c3)ccc2n1. The Labute approximate surface area is 179 Å². The topological polar surface area (TPSA) is 123 Å². The number of benzene rings is 1. The minimum atomic E-state index is -1.60. The van der Waals surface area contributed by atoms with Crippen molar-refractivity contribution in [2.45, 2.75) is 12.0 Å². The molecule has 0 saturated carbocycles. The zero-order chi connectivity index (χ0) is 22.6. The molecule has 1 aliphatic heterocycles. The smallest absolute Gasteiger partial charge is 0.260 e. The fraction of sp³-hybridized carbons (Fsp3) is 0.227. The van der Waals surface area contributed by atoms with E-state index in [1.54, 1.807) is 30.9 Å². The van der Waals surface area contributed by atoms with E-state index in [0.29, 0.717) is 35.4 Å². The van der Waals surface area contributed by atoms with Crippen LogP contribution in [0.4, 0.5) is 5.82 Å². The zero-order valence-corrected chi connectivity index (χ0v) is 17.1. The Hall–Kier alpha value is -3.85. The molecule has 0 radical (unpaired) electrons. The first-order valence-corrected chi connectivity index (χ1v) is 9.80. The molecule has 4 heterocycles. The number of aryl methyl sites for hydroxylation is 1. The largest absolute Gasteiger partial charge is 0.382 e. The van der Waals surface area contributed by atoms with Crippen LogP contribution in [0, 0.1) is 0 Å². The number of amides is 1. The molecular formula is C22H21N7O2. The van der Waals surface area contributed by atoms with Gasteiger partial charge in [-0.2, -0.15) is 5.10 Å². The number of hydrogen-bond donors (Lipinski definition) is 2. The average Bonchev–Trinajstić information content (AvgIpc) is 3.30. The first-order valence-electron chi connectivity index (χ1n) is 10.3. The van der Waals surface area contributed by atoms with Crippen molar-refractivity contribution in [2.24, 2.45) is 7.05 Å². The lowest BCUT2D eigenvalue weighted by atomic mass is 9.97. The van der Waals surface area contributed by atoms with Crippen LogP contribution in [0.5, 0.6) is 0 Å². The molecule has 9 heteroatoms. The number of carbonyl (C=O) groups is 1. The summed E-state index contributed by atoms with van der Waals surface area (Å²) in [6.07, 6.45) is 0.163. The summed E-state index contributed by atoms with van der Waals surface area (Å²) in [5.41, 5.74) is 8.79. The molecule has 1 amide bonds. The third-order valence-electron chi connectivity index (χ3n) is 5.72. The lowest BCUT2D eigenvalue weighted by molar-refractivity contribution is -0.143. The molecule has 1 aromatic carbocycles. The monoisotopic (exact) mass is 416 g/mol. The van der Waals surface area contributed by atoms with Crippen LogP contribution in [0.25, 0.3) is 33.5 Å². The summed E-state index contributed by atoms with van der Waals surface area (Å²) in [5.74, 6) is -0.180. The van der Waals surface area contributed by atoms with E-state index in [9.17, 15) is 9.90 Å². The average molecular weight is 416 g/mol. The number of likely N-dealkylation sites (N-methyl/N-ethyl adjacent to an activating group) is 1. The summed E-state index contributed by atoms with van der Waals surface area (Å²) in [6, 6.07) is 13.1. The van der Waals surface area contributed by atoms with Gasteiger partial charge in [-0.25, -0.2) is 15.0 Å². The van der Waals surface area contributed by atoms with E-state index >= 15 is 0 Å². The second-order valence-corrected chi connectivity index (χ2v) is 7.73. The first-order chi connectivity index (χ1) is 15.3. The Balaban J connectivity index is 1.55. The van der Waals surface area contributed by atoms with Gasteiger partial charge in [-0.05, 0) is 24.3 Å². The van der Waals surface area contributed by atoms with Crippen LogP contribution in [-0.4, -0.2) is 54.2 Å². The Kier molecular flexibility index (Phi) is 3.97. The van der Waals surface area contributed by atoms with Crippen LogP contribution in [-0.2, 0) is 17.4 Å². The Morgan fingerprint density at radius 2 is 1.97 bits per heavy atom. The molecule has 1 aliphatic rings. The number of anilines is 1. The standard InChI is InChI=1S/C22H21N7O2/c1-28-9-8-22(31,21(28)30)18-11-17(29(2)27-18)14-5-3-4-13(10-14)15-6-7-16-19(26-15)20(23)25-12-24-16/h3-7,10-12,31H,8-9H2,1-2H3,(H2,23,24,25)/i12D. The maximum atomic E-state index is 12.5. The second kappa shape index (κ2) is 6.85. The fourth-order valence-corrected chi connectivity index (χ4v) is 3.95. The number of aliphatic hydroxyl groups is 1. The van der Waals surface area contributed by atoms with Crippen molar-refractivity contribution in [3.8, 4) is 22.5 Å². The summed E-state index contributed by atoms with van der Waals surface area (Å²) in [7, 11) is 3.45. The van der Waals surface area contributed by atoms with E-state index in [1.807, 2.05) is 30.3 Å². The Morgan fingerprint density at radius 3 is 2.74 bits per heavy atom. The van der Waals surface area contributed by atoms with Gasteiger partial charge >= 0.3 is 0 Å². The number of nitrogen functional groups attached to an aromatic ring is 1. The molecule has 156 valence electrons. The highest BCUT2D eigenvalue weighted by atomic mass is 16.3. The third-order valence-corrected chi connectivity index (χ3v) is 5.72. The van der Waals surface area contributed by atoms with E-state index in [2.05, 4.69) is 20.1 Å². The number of carbonyl (C=O) groups excluding carboxylic acids is 1. The van der Waals surface area contributed by atoms with Crippen LogP contribution in [0.15, 0.2) is 48.8 Å². The highest BCUT2D eigenvalue weighted by Gasteiger charge is 2.47. The van der Waals surface area contributed by atoms with Gasteiger partial charge in [0.2, 0.25) is 0 Å². The quantitative estimate of drug-likeness (QED) is 0.521. The molecule has 1 fully saturated rings. The second-order valence-electron chi connectivity index (χ2n) is 7.73. The number of likely N-dealkylation sites (tertiary alicyclic amines) is 1. The molecule has 3 aromatic heterocycles. The Bertz CT molecular complexity index is 1390. The molecule has 1 atom stereocenters. The molecule has 9 nitrogen and oxygen atoms in total. The van der Waals surface area contributed by atoms with Gasteiger partial charge in [-0.1, -0.05) is 18.2 Å². The predicted molar refractivity (Wildman–Crippen MR) is 116 cm³/mol. The normalized spacial score (nSPS) is 19.3. The molecule has 4 aromatic rings. The molecule has 3 N–H and O–H groups in total. The molecule has 0 spiro atoms. The number of hydrogen-bond acceptors (Lipinski definition) is 7. The van der Waals surface area contributed by atoms with E-state index in [4.69, 9.17) is 7.10 Å². The summed E-state index contributed by atoms with van der Waals surface area (Å²) in [6.45, 7) is 0.485. The molecule has 1 unspecified atom stereocenters. The van der Waals surface area contributed by atoms with Gasteiger partial charge in [-0.15, -0.1) is 0 Å². The predicted octanol–water partition coefficient (Wildman–Crippen LogP) is 1.72. The van der Waals surface area contributed by atoms with Gasteiger partial charge in [-0.3, -0.25) is 9.48 Å². The minimum absolute atomic E-state index is 0.146. The molecular weight excluding hydrogens is 394 g/mol. The van der Waals surface area contributed by atoms with Crippen LogP contribution in [0.1, 0.15) is 13.5 Å². The summed E-state index contributed by atoms with van der Waals surface area (Å²) in [5, 5.41) is 15.4. The molecule has 0 aliphatic carbocycles. The zero-order valence-electron chi connectivity index (χ0n) is 18.1. The number of rotatable bonds is 3. The highest BCUT2D eigenvalue weighted by molar-refractivity contribution is 5.88. The summed E-state index contributed by atoms with van der Waals surface area (Å²) >= 11 is 0. The number of nitrogens with zero attached hydrogens (tertiary/aromatic N) is 6. The maximum Gasteiger partial charge on any atom is 0.260 e. The highest BCUT2D eigenvalue weighted by Crippen LogP contribution is 2.34. The lowest BCUT2D eigenvalue weighted by Gasteiger charge is -2.17. The summed E-state index contributed by atoms with van der Waals surface area (Å²) in [4.78, 5) is 26.5. The number of nitrogens with two attached hydrogens (primary N) is 1. The van der Waals surface area contributed by atoms with E-state index in [-0.39, 0.29) is 18.0 Å². The van der Waals surface area contributed by atoms with Gasteiger partial charge in [0.1, 0.15) is 18.9 Å². The van der Waals surface area contributed by atoms with Crippen molar-refractivity contribution in [3.05, 3.63) is 54.5 Å². The van der Waals surface area contributed by atoms with Gasteiger partial charge in [0.15, 0.2) is 11.4 Å². The van der Waals surface area contributed by atoms with Crippen molar-refractivity contribution in [1.29, 1.82) is 0 Å². The van der Waals surface area contributed by atoms with Crippen molar-refractivity contribution in [3.63, 3.8) is 0 Å². The van der Waals surface area contributed by atoms with Crippen molar-refractivity contribution in [2.75, 3.05) is 19.3 Å². The first kappa shape index (κ1) is 18.0. The molecule has 5 rings (SSSR count). The minimum Gasteiger partial charge on any atom is -0.382 e. The van der Waals surface area contributed by atoms with E-state index in [0.717, 1.165) is 16.8 Å². The van der Waals surface area contributed by atoms with Crippen LogP contribution in [0.3, 0.4) is 0 Å². The molecule has 1 saturated heterocycles. The fourth-order valence-electron chi connectivity index (χ4n) is 3.95. The van der Waals surface area contributed by atoms with Gasteiger partial charge in [0.05, 0.1) is 16.9 Å². The maximum absolute atomic E-state index is 12.5. The number of fused-ring (bicyclic) bond motifs is 1. The van der Waals surface area contributed by atoms with Gasteiger partial charge in [0, 0.05) is 38.2 Å². The Morgan fingerprint density at radius 1 is 1.16 bits per heavy atom. The molecule has 31 heavy (non-hydrogen) atoms. The van der Waals surface area contributed by atoms with E-state index in [1.165, 1.54) is 4.90 Å². The van der Waals surface area contributed by atoms with Crippen molar-refractivity contribution in [1.82, 2.24) is 29.6 Å². The lowest BCUT2D eigenvalue weighted by Crippen LogP contribution is -2.36. The van der Waals surface area contributed by atoms with Crippen molar-refractivity contribution < 1.29 is 11.3 Å². The molecule has 0 bridgehead atoms. The van der Waals surface area contributed by atoms with Crippen LogP contribution in [0.2, 0.25) is 0 Å².